The molecular formula is C24H20N4O6S2. The lowest BCUT2D eigenvalue weighted by Crippen LogP contribution is -2.14. The van der Waals surface area contributed by atoms with Crippen LogP contribution in [0.25, 0.3) is 10.2 Å². The number of carbonyl (C=O) groups excluding carboxylic acids is 1. The summed E-state index contributed by atoms with van der Waals surface area (Å²) in [7, 11) is 3.08. The average molecular weight is 525 g/mol. The molecule has 0 atom stereocenters. The second kappa shape index (κ2) is 11.1. The molecule has 3 aromatic carbocycles. The van der Waals surface area contributed by atoms with Crippen LogP contribution in [0.3, 0.4) is 0 Å². The van der Waals surface area contributed by atoms with Crippen LogP contribution in [-0.2, 0) is 4.79 Å². The first-order valence-electron chi connectivity index (χ1n) is 10.4. The summed E-state index contributed by atoms with van der Waals surface area (Å²) < 4.78 is 12.1. The summed E-state index contributed by atoms with van der Waals surface area (Å²) in [5.41, 5.74) is 2.04. The lowest BCUT2D eigenvalue weighted by Gasteiger charge is -2.11. The molecule has 0 unspecified atom stereocenters. The van der Waals surface area contributed by atoms with E-state index in [1.54, 1.807) is 31.4 Å². The van der Waals surface area contributed by atoms with E-state index in [-0.39, 0.29) is 17.3 Å². The number of aromatic hydroxyl groups is 1. The van der Waals surface area contributed by atoms with Crippen molar-refractivity contribution in [1.82, 2.24) is 4.98 Å². The van der Waals surface area contributed by atoms with E-state index >= 15 is 0 Å². The zero-order chi connectivity index (χ0) is 25.7. The molecule has 36 heavy (non-hydrogen) atoms. The van der Waals surface area contributed by atoms with Crippen molar-refractivity contribution in [1.29, 1.82) is 0 Å². The van der Waals surface area contributed by atoms with E-state index in [0.717, 1.165) is 14.6 Å². The van der Waals surface area contributed by atoms with E-state index in [0.29, 0.717) is 28.4 Å². The summed E-state index contributed by atoms with van der Waals surface area (Å²) in [5.74, 6) is 0.685. The van der Waals surface area contributed by atoms with Gasteiger partial charge in [-0.25, -0.2) is 4.98 Å². The number of nitrogens with one attached hydrogen (secondary N) is 1. The molecule has 0 aliphatic carbocycles. The Morgan fingerprint density at radius 3 is 2.78 bits per heavy atom. The van der Waals surface area contributed by atoms with Crippen LogP contribution in [0.2, 0.25) is 0 Å². The second-order valence-corrected chi connectivity index (χ2v) is 9.55. The van der Waals surface area contributed by atoms with Crippen LogP contribution in [0.5, 0.6) is 17.2 Å². The van der Waals surface area contributed by atoms with Gasteiger partial charge < -0.3 is 19.9 Å². The number of anilines is 1. The fourth-order valence-electron chi connectivity index (χ4n) is 3.18. The van der Waals surface area contributed by atoms with Gasteiger partial charge in [0.05, 0.1) is 46.5 Å². The summed E-state index contributed by atoms with van der Waals surface area (Å²) in [4.78, 5) is 31.8. The molecule has 10 nitrogen and oxygen atoms in total. The zero-order valence-electron chi connectivity index (χ0n) is 19.1. The normalized spacial score (nSPS) is 11.1. The number of hydrogen-bond donors (Lipinski definition) is 2. The van der Waals surface area contributed by atoms with Gasteiger partial charge in [-0.3, -0.25) is 19.9 Å². The van der Waals surface area contributed by atoms with Crippen LogP contribution in [0.1, 0.15) is 5.56 Å². The molecule has 0 aliphatic heterocycles. The van der Waals surface area contributed by atoms with Crippen molar-refractivity contribution in [3.63, 3.8) is 0 Å². The Bertz CT molecular complexity index is 1470. The van der Waals surface area contributed by atoms with Crippen LogP contribution in [0.4, 0.5) is 17.1 Å². The van der Waals surface area contributed by atoms with Crippen molar-refractivity contribution in [2.75, 3.05) is 25.3 Å². The number of thioether (sulfide) groups is 1. The van der Waals surface area contributed by atoms with Gasteiger partial charge in [0.15, 0.2) is 10.1 Å². The minimum absolute atomic E-state index is 0.158. The van der Waals surface area contributed by atoms with Gasteiger partial charge in [0.25, 0.3) is 0 Å². The Labute approximate surface area is 213 Å². The predicted molar refractivity (Wildman–Crippen MR) is 141 cm³/mol. The number of phenolic OH excluding ortho intramolecular Hbond substituents is 1. The Balaban J connectivity index is 1.42. The van der Waals surface area contributed by atoms with Crippen molar-refractivity contribution in [2.24, 2.45) is 4.99 Å². The summed E-state index contributed by atoms with van der Waals surface area (Å²) in [5, 5.41) is 23.4. The predicted octanol–water partition coefficient (Wildman–Crippen LogP) is 5.41. The number of hydrogen-bond acceptors (Lipinski definition) is 10. The van der Waals surface area contributed by atoms with E-state index < -0.39 is 10.7 Å². The molecule has 0 aliphatic rings. The highest BCUT2D eigenvalue weighted by molar-refractivity contribution is 8.01. The van der Waals surface area contributed by atoms with E-state index in [1.165, 1.54) is 54.6 Å². The lowest BCUT2D eigenvalue weighted by molar-refractivity contribution is -0.385. The number of nitro benzene ring substituents is 1. The molecule has 1 amide bonds. The Kier molecular flexibility index (Phi) is 7.66. The summed E-state index contributed by atoms with van der Waals surface area (Å²) in [6.45, 7) is 0. The number of methoxy groups -OCH3 is 2. The standard InChI is InChI=1S/C24H20N4O6S2/c1-33-16-5-8-21(34-2)18(11-16)26-23(30)13-35-24-27-17-6-4-15(10-22(17)36-24)25-12-14-3-7-20(29)19(9-14)28(31)32/h3-12,29H,13H2,1-2H3,(H,26,30). The molecule has 0 spiro atoms. The number of phenols is 1. The number of rotatable bonds is 9. The van der Waals surface area contributed by atoms with Gasteiger partial charge in [0.1, 0.15) is 11.5 Å². The third-order valence-corrected chi connectivity index (χ3v) is 7.08. The quantitative estimate of drug-likeness (QED) is 0.128. The number of nitro groups is 1. The van der Waals surface area contributed by atoms with Crippen LogP contribution in [0.15, 0.2) is 63.9 Å². The maximum Gasteiger partial charge on any atom is 0.311 e. The minimum atomic E-state index is -0.650. The largest absolute Gasteiger partial charge is 0.502 e. The number of nitrogens with zero attached hydrogens (tertiary/aromatic N) is 3. The topological polar surface area (TPSA) is 136 Å². The van der Waals surface area contributed by atoms with Crippen LogP contribution in [0, 0.1) is 10.1 Å². The number of amides is 1. The van der Waals surface area contributed by atoms with Crippen molar-refractivity contribution in [2.45, 2.75) is 4.34 Å². The zero-order valence-corrected chi connectivity index (χ0v) is 20.8. The lowest BCUT2D eigenvalue weighted by atomic mass is 10.2. The molecule has 1 aromatic heterocycles. The fraction of sp³-hybridized carbons (Fsp3) is 0.125. The van der Waals surface area contributed by atoms with Gasteiger partial charge in [-0.15, -0.1) is 11.3 Å². The van der Waals surface area contributed by atoms with Crippen molar-refractivity contribution in [3.05, 3.63) is 70.3 Å². The minimum Gasteiger partial charge on any atom is -0.502 e. The van der Waals surface area contributed by atoms with Gasteiger partial charge in [0.2, 0.25) is 5.91 Å². The van der Waals surface area contributed by atoms with Crippen molar-refractivity contribution < 1.29 is 24.3 Å². The second-order valence-electron chi connectivity index (χ2n) is 7.30. The van der Waals surface area contributed by atoms with Crippen LogP contribution >= 0.6 is 23.1 Å². The molecule has 4 rings (SSSR count). The summed E-state index contributed by atoms with van der Waals surface area (Å²) in [6, 6.07) is 14.7. The molecule has 4 aromatic rings. The Hall–Kier alpha value is -4.16. The van der Waals surface area contributed by atoms with E-state index in [2.05, 4.69) is 15.3 Å². The van der Waals surface area contributed by atoms with E-state index in [4.69, 9.17) is 9.47 Å². The van der Waals surface area contributed by atoms with E-state index in [9.17, 15) is 20.0 Å². The Morgan fingerprint density at radius 1 is 1.19 bits per heavy atom. The van der Waals surface area contributed by atoms with Crippen LogP contribution in [-0.4, -0.2) is 47.1 Å². The van der Waals surface area contributed by atoms with Crippen molar-refractivity contribution >= 4 is 62.5 Å². The molecule has 0 radical (unpaired) electrons. The number of fused-ring (bicyclic) bond motifs is 1. The number of carbonyl (C=O) groups is 1. The molecule has 1 heterocycles. The van der Waals surface area contributed by atoms with Gasteiger partial charge in [-0.1, -0.05) is 11.8 Å². The Morgan fingerprint density at radius 2 is 2.03 bits per heavy atom. The molecule has 184 valence electrons. The first-order chi connectivity index (χ1) is 17.4. The molecule has 12 heteroatoms. The summed E-state index contributed by atoms with van der Waals surface area (Å²) in [6.07, 6.45) is 1.49. The number of aromatic nitrogens is 1. The maximum absolute atomic E-state index is 12.5. The first kappa shape index (κ1) is 24.9. The summed E-state index contributed by atoms with van der Waals surface area (Å²) >= 11 is 2.75. The third kappa shape index (κ3) is 5.90. The molecule has 0 bridgehead atoms. The molecule has 2 N–H and O–H groups in total. The van der Waals surface area contributed by atoms with Crippen LogP contribution < -0.4 is 14.8 Å². The third-order valence-electron chi connectivity index (χ3n) is 4.92. The maximum atomic E-state index is 12.5. The van der Waals surface area contributed by atoms with Gasteiger partial charge in [-0.05, 0) is 48.0 Å². The highest BCUT2D eigenvalue weighted by Crippen LogP contribution is 2.33. The highest BCUT2D eigenvalue weighted by Gasteiger charge is 2.14. The fourth-order valence-corrected chi connectivity index (χ4v) is 5.08. The smallest absolute Gasteiger partial charge is 0.311 e. The number of ether oxygens (including phenoxy) is 2. The van der Waals surface area contributed by atoms with Gasteiger partial charge in [0, 0.05) is 18.3 Å². The molecule has 0 fully saturated rings. The average Bonchev–Trinajstić information content (AvgIpc) is 3.29. The monoisotopic (exact) mass is 524 g/mol. The SMILES string of the molecule is COc1ccc(OC)c(NC(=O)CSc2nc3ccc(N=Cc4ccc(O)c([N+](=O)[O-])c4)cc3s2)c1. The number of benzene rings is 3. The molecule has 0 saturated carbocycles. The molecular weight excluding hydrogens is 504 g/mol. The van der Waals surface area contributed by atoms with Gasteiger partial charge in [-0.2, -0.15) is 0 Å². The highest BCUT2D eigenvalue weighted by atomic mass is 32.2. The number of thiazole rings is 1. The molecule has 0 saturated heterocycles. The first-order valence-corrected chi connectivity index (χ1v) is 12.2. The van der Waals surface area contributed by atoms with E-state index in [1.807, 2.05) is 12.1 Å². The van der Waals surface area contributed by atoms with Gasteiger partial charge >= 0.3 is 5.69 Å². The number of aliphatic imine (C=N–C) groups is 1. The van der Waals surface area contributed by atoms with Crippen molar-refractivity contribution in [3.8, 4) is 17.2 Å².